The Morgan fingerprint density at radius 1 is 1.58 bits per heavy atom. The van der Waals surface area contributed by atoms with Crippen LogP contribution in [-0.2, 0) is 9.53 Å². The first-order valence-electron chi connectivity index (χ1n) is 3.26. The van der Waals surface area contributed by atoms with Crippen molar-refractivity contribution in [1.29, 1.82) is 0 Å². The Labute approximate surface area is 71.2 Å². The predicted octanol–water partition coefficient (Wildman–Crippen LogP) is -0.932. The second kappa shape index (κ2) is 8.19. The molecule has 5 N–H and O–H groups in total. The van der Waals surface area contributed by atoms with Crippen molar-refractivity contribution >= 4 is 5.97 Å². The fourth-order valence-corrected chi connectivity index (χ4v) is 0.421. The molecule has 72 valence electrons. The number of rotatable bonds is 6. The van der Waals surface area contributed by atoms with E-state index in [1.54, 1.807) is 0 Å². The van der Waals surface area contributed by atoms with E-state index in [-0.39, 0.29) is 24.9 Å². The van der Waals surface area contributed by atoms with Crippen LogP contribution in [0.25, 0.3) is 0 Å². The summed E-state index contributed by atoms with van der Waals surface area (Å²) in [6.45, 7) is 3.54. The normalized spacial score (nSPS) is 8.75. The molecule has 0 aromatic carbocycles. The summed E-state index contributed by atoms with van der Waals surface area (Å²) in [6, 6.07) is 0. The van der Waals surface area contributed by atoms with Gasteiger partial charge in [-0.15, -0.1) is 0 Å². The second-order valence-electron chi connectivity index (χ2n) is 2.02. The third kappa shape index (κ3) is 7.20. The minimum absolute atomic E-state index is 0. The number of aliphatic hydroxyl groups is 1. The summed E-state index contributed by atoms with van der Waals surface area (Å²) in [5, 5.41) is 18.3. The lowest BCUT2D eigenvalue weighted by Crippen LogP contribution is -2.26. The molecule has 0 bridgehead atoms. The molecule has 0 amide bonds. The first kappa shape index (κ1) is 13.7. The smallest absolute Gasteiger partial charge is 0.0728 e. The number of quaternary nitrogens is 1. The van der Waals surface area contributed by atoms with E-state index in [1.807, 2.05) is 0 Å². The Balaban J connectivity index is 0. The van der Waals surface area contributed by atoms with Crippen LogP contribution in [0.2, 0.25) is 0 Å². The molecule has 0 saturated carbocycles. The van der Waals surface area contributed by atoms with Gasteiger partial charge in [0.15, 0.2) is 0 Å². The summed E-state index contributed by atoms with van der Waals surface area (Å²) in [6.07, 6.45) is 0.500. The van der Waals surface area contributed by atoms with E-state index in [2.05, 4.69) is 6.58 Å². The molecule has 0 aromatic heterocycles. The standard InChI is InChI=1S/C7H12O4.H3N/c1-6(7(9)10)5-11-4-2-3-8;/h8H,1-5H2,(H,9,10);1H3. The Morgan fingerprint density at radius 3 is 2.58 bits per heavy atom. The van der Waals surface area contributed by atoms with Crippen LogP contribution >= 0.6 is 0 Å². The zero-order valence-electron chi connectivity index (χ0n) is 7.21. The van der Waals surface area contributed by atoms with Crippen LogP contribution in [0.5, 0.6) is 0 Å². The third-order valence-electron chi connectivity index (χ3n) is 1.01. The topological polar surface area (TPSA) is 106 Å². The molecule has 0 fully saturated rings. The average molecular weight is 177 g/mol. The van der Waals surface area contributed by atoms with Crippen LogP contribution < -0.4 is 11.3 Å². The van der Waals surface area contributed by atoms with Crippen molar-refractivity contribution in [2.24, 2.45) is 0 Å². The molecule has 0 aromatic rings. The lowest BCUT2D eigenvalue weighted by molar-refractivity contribution is -0.299. The van der Waals surface area contributed by atoms with Gasteiger partial charge in [-0.05, 0) is 12.0 Å². The number of hydrogen-bond donors (Lipinski definition) is 2. The van der Waals surface area contributed by atoms with Crippen molar-refractivity contribution in [3.05, 3.63) is 12.2 Å². The summed E-state index contributed by atoms with van der Waals surface area (Å²) in [7, 11) is 0. The van der Waals surface area contributed by atoms with Gasteiger partial charge in [0.25, 0.3) is 0 Å². The van der Waals surface area contributed by atoms with Crippen LogP contribution in [0.1, 0.15) is 6.42 Å². The molecular weight excluding hydrogens is 162 g/mol. The van der Waals surface area contributed by atoms with Crippen LogP contribution in [0, 0.1) is 0 Å². The van der Waals surface area contributed by atoms with Crippen molar-refractivity contribution in [3.63, 3.8) is 0 Å². The van der Waals surface area contributed by atoms with Crippen LogP contribution in [0.4, 0.5) is 0 Å². The highest BCUT2D eigenvalue weighted by molar-refractivity contribution is 5.84. The van der Waals surface area contributed by atoms with Gasteiger partial charge in [-0.3, -0.25) is 0 Å². The van der Waals surface area contributed by atoms with E-state index in [0.717, 1.165) is 0 Å². The Bertz CT molecular complexity index is 146. The molecule has 0 spiro atoms. The van der Waals surface area contributed by atoms with Crippen molar-refractivity contribution in [2.75, 3.05) is 19.8 Å². The maximum Gasteiger partial charge on any atom is 0.0728 e. The number of aliphatic hydroxyl groups excluding tert-OH is 1. The predicted molar refractivity (Wildman–Crippen MR) is 42.7 cm³/mol. The van der Waals surface area contributed by atoms with Gasteiger partial charge in [-0.2, -0.15) is 0 Å². The monoisotopic (exact) mass is 177 g/mol. The summed E-state index contributed by atoms with van der Waals surface area (Å²) in [5.74, 6) is -1.30. The maximum atomic E-state index is 10.0. The number of carboxylic acid groups (broad SMARTS) is 1. The largest absolute Gasteiger partial charge is 0.545 e. The molecule has 0 unspecified atom stereocenters. The van der Waals surface area contributed by atoms with Crippen LogP contribution in [-0.4, -0.2) is 30.9 Å². The second-order valence-corrected chi connectivity index (χ2v) is 2.02. The lowest BCUT2D eigenvalue weighted by Gasteiger charge is -2.06. The summed E-state index contributed by atoms with van der Waals surface area (Å²) < 4.78 is 4.82. The van der Waals surface area contributed by atoms with Crippen LogP contribution in [0.3, 0.4) is 0 Å². The van der Waals surface area contributed by atoms with Crippen LogP contribution in [0.15, 0.2) is 12.2 Å². The molecule has 0 aliphatic heterocycles. The molecule has 12 heavy (non-hydrogen) atoms. The van der Waals surface area contributed by atoms with E-state index in [1.165, 1.54) is 0 Å². The first-order chi connectivity index (χ1) is 5.18. The number of carbonyl (C=O) groups excluding carboxylic acids is 1. The van der Waals surface area contributed by atoms with E-state index >= 15 is 0 Å². The van der Waals surface area contributed by atoms with Crippen molar-refractivity contribution in [2.45, 2.75) is 6.42 Å². The first-order valence-corrected chi connectivity index (χ1v) is 3.26. The van der Waals surface area contributed by atoms with Gasteiger partial charge in [-0.25, -0.2) is 0 Å². The highest BCUT2D eigenvalue weighted by atomic mass is 16.5. The lowest BCUT2D eigenvalue weighted by atomic mass is 10.3. The summed E-state index contributed by atoms with van der Waals surface area (Å²) in [4.78, 5) is 10.0. The number of aliphatic carboxylic acids is 1. The summed E-state index contributed by atoms with van der Waals surface area (Å²) in [5.41, 5.74) is -0.0806. The van der Waals surface area contributed by atoms with E-state index in [0.29, 0.717) is 13.0 Å². The highest BCUT2D eigenvalue weighted by Gasteiger charge is 1.93. The molecule has 0 saturated heterocycles. The molecule has 0 aliphatic rings. The van der Waals surface area contributed by atoms with E-state index in [9.17, 15) is 9.90 Å². The molecular formula is C7H15NO4. The Hall–Kier alpha value is -0.910. The highest BCUT2D eigenvalue weighted by Crippen LogP contribution is 1.90. The number of hydrogen-bond acceptors (Lipinski definition) is 4. The Kier molecular flexibility index (Phi) is 9.32. The molecule has 0 atom stereocenters. The number of carboxylic acids is 1. The van der Waals surface area contributed by atoms with Crippen molar-refractivity contribution in [3.8, 4) is 0 Å². The van der Waals surface area contributed by atoms with Gasteiger partial charge in [0.2, 0.25) is 0 Å². The van der Waals surface area contributed by atoms with E-state index < -0.39 is 5.97 Å². The van der Waals surface area contributed by atoms with E-state index in [4.69, 9.17) is 9.84 Å². The number of ether oxygens (including phenoxy) is 1. The fraction of sp³-hybridized carbons (Fsp3) is 0.571. The molecule has 0 heterocycles. The minimum atomic E-state index is -1.30. The number of carbonyl (C=O) groups is 1. The zero-order chi connectivity index (χ0) is 8.69. The fourth-order valence-electron chi connectivity index (χ4n) is 0.421. The summed E-state index contributed by atoms with van der Waals surface area (Å²) >= 11 is 0. The minimum Gasteiger partial charge on any atom is -0.545 e. The molecule has 5 nitrogen and oxygen atoms in total. The average Bonchev–Trinajstić information content (AvgIpc) is 1.97. The quantitative estimate of drug-likeness (QED) is 0.403. The Morgan fingerprint density at radius 2 is 2.17 bits per heavy atom. The van der Waals surface area contributed by atoms with Crippen molar-refractivity contribution < 1.29 is 19.7 Å². The molecule has 5 heteroatoms. The third-order valence-corrected chi connectivity index (χ3v) is 1.01. The molecule has 0 rings (SSSR count). The van der Waals surface area contributed by atoms with Gasteiger partial charge in [0, 0.05) is 13.2 Å². The van der Waals surface area contributed by atoms with Gasteiger partial charge < -0.3 is 25.9 Å². The van der Waals surface area contributed by atoms with Gasteiger partial charge in [0.1, 0.15) is 0 Å². The SMILES string of the molecule is C=C(COCCCO)C(=O)[O-].[NH4+]. The molecule has 0 radical (unpaired) electrons. The zero-order valence-corrected chi connectivity index (χ0v) is 7.21. The maximum absolute atomic E-state index is 10.0. The van der Waals surface area contributed by atoms with Gasteiger partial charge in [-0.1, -0.05) is 6.58 Å². The van der Waals surface area contributed by atoms with Crippen molar-refractivity contribution in [1.82, 2.24) is 6.15 Å². The van der Waals surface area contributed by atoms with Gasteiger partial charge >= 0.3 is 0 Å². The molecule has 0 aliphatic carbocycles. The van der Waals surface area contributed by atoms with Gasteiger partial charge in [0.05, 0.1) is 12.6 Å².